The topological polar surface area (TPSA) is 111 Å². The highest BCUT2D eigenvalue weighted by Gasteiger charge is 2.22. The van der Waals surface area contributed by atoms with Gasteiger partial charge in [-0.15, -0.1) is 0 Å². The molecule has 0 saturated carbocycles. The first-order valence-corrected chi connectivity index (χ1v) is 11.5. The van der Waals surface area contributed by atoms with E-state index in [0.29, 0.717) is 16.8 Å². The second-order valence-electron chi connectivity index (χ2n) is 7.63. The van der Waals surface area contributed by atoms with Gasteiger partial charge in [0.05, 0.1) is 24.5 Å². The zero-order chi connectivity index (χ0) is 22.9. The van der Waals surface area contributed by atoms with Crippen molar-refractivity contribution in [1.29, 1.82) is 0 Å². The van der Waals surface area contributed by atoms with Crippen molar-refractivity contribution in [2.24, 2.45) is 7.05 Å². The number of aromatic nitrogens is 4. The third-order valence-corrected chi connectivity index (χ3v) is 6.12. The number of sulfonamides is 1. The van der Waals surface area contributed by atoms with Gasteiger partial charge in [-0.05, 0) is 29.7 Å². The largest absolute Gasteiger partial charge is 0.497 e. The Labute approximate surface area is 186 Å². The third-order valence-electron chi connectivity index (χ3n) is 4.89. The second-order valence-corrected chi connectivity index (χ2v) is 9.25. The molecule has 0 aliphatic carbocycles. The molecular formula is C22H24N6O3S. The number of para-hydroxylation sites is 2. The Balaban J connectivity index is 1.82. The van der Waals surface area contributed by atoms with Gasteiger partial charge in [0.25, 0.3) is 10.0 Å². The van der Waals surface area contributed by atoms with Crippen LogP contribution in [-0.4, -0.2) is 35.0 Å². The van der Waals surface area contributed by atoms with Crippen molar-refractivity contribution in [3.05, 3.63) is 60.6 Å². The first kappa shape index (κ1) is 21.6. The van der Waals surface area contributed by atoms with Gasteiger partial charge >= 0.3 is 0 Å². The van der Waals surface area contributed by atoms with Crippen molar-refractivity contribution in [3.63, 3.8) is 0 Å². The van der Waals surface area contributed by atoms with E-state index < -0.39 is 10.0 Å². The minimum atomic E-state index is -3.96. The minimum Gasteiger partial charge on any atom is -0.497 e. The number of nitrogens with zero attached hydrogens (tertiary/aromatic N) is 4. The lowest BCUT2D eigenvalue weighted by Gasteiger charge is -2.18. The van der Waals surface area contributed by atoms with Crippen LogP contribution in [0.15, 0.2) is 60.0 Å². The summed E-state index contributed by atoms with van der Waals surface area (Å²) >= 11 is 0. The van der Waals surface area contributed by atoms with Gasteiger partial charge in [-0.1, -0.05) is 32.0 Å². The number of methoxy groups -OCH3 is 1. The minimum absolute atomic E-state index is 0.0758. The molecule has 4 aromatic rings. The Morgan fingerprint density at radius 1 is 1.03 bits per heavy atom. The molecule has 10 heteroatoms. The van der Waals surface area contributed by atoms with Crippen molar-refractivity contribution < 1.29 is 13.2 Å². The van der Waals surface area contributed by atoms with Crippen molar-refractivity contribution in [2.75, 3.05) is 17.1 Å². The molecule has 0 spiro atoms. The predicted molar refractivity (Wildman–Crippen MR) is 124 cm³/mol. The molecular weight excluding hydrogens is 428 g/mol. The Kier molecular flexibility index (Phi) is 5.70. The monoisotopic (exact) mass is 452 g/mol. The van der Waals surface area contributed by atoms with Crippen LogP contribution in [0.2, 0.25) is 0 Å². The number of anilines is 3. The molecule has 0 radical (unpaired) electrons. The highest BCUT2D eigenvalue weighted by molar-refractivity contribution is 7.92. The van der Waals surface area contributed by atoms with E-state index in [-0.39, 0.29) is 22.6 Å². The van der Waals surface area contributed by atoms with Crippen LogP contribution < -0.4 is 14.8 Å². The summed E-state index contributed by atoms with van der Waals surface area (Å²) in [7, 11) is -0.671. The Bertz CT molecular complexity index is 1380. The molecule has 4 rings (SSSR count). The molecule has 0 fully saturated rings. The molecule has 2 N–H and O–H groups in total. The number of nitrogens with one attached hydrogen (secondary N) is 2. The van der Waals surface area contributed by atoms with Gasteiger partial charge in [-0.2, -0.15) is 8.42 Å². The number of aryl methyl sites for hydroxylation is 1. The molecule has 9 nitrogen and oxygen atoms in total. The lowest BCUT2D eigenvalue weighted by Crippen LogP contribution is -2.16. The lowest BCUT2D eigenvalue weighted by atomic mass is 10.0. The van der Waals surface area contributed by atoms with E-state index in [4.69, 9.17) is 4.74 Å². The SMILES string of the molecule is COc1ccc(C(C)C)c(Nc2nc3ccccc3nc2NS(=O)(=O)c2cn(C)cn2)c1. The third kappa shape index (κ3) is 4.35. The Morgan fingerprint density at radius 2 is 1.72 bits per heavy atom. The molecule has 2 aromatic carbocycles. The number of rotatable bonds is 7. The van der Waals surface area contributed by atoms with Crippen LogP contribution in [0, 0.1) is 0 Å². The summed E-state index contributed by atoms with van der Waals surface area (Å²) in [5, 5.41) is 3.16. The number of ether oxygens (including phenoxy) is 1. The number of fused-ring (bicyclic) bond motifs is 1. The lowest BCUT2D eigenvalue weighted by molar-refractivity contribution is 0.415. The van der Waals surface area contributed by atoms with Gasteiger partial charge in [-0.25, -0.2) is 15.0 Å². The first-order chi connectivity index (χ1) is 15.3. The van der Waals surface area contributed by atoms with Gasteiger partial charge in [0.15, 0.2) is 16.7 Å². The molecule has 166 valence electrons. The van der Waals surface area contributed by atoms with Crippen LogP contribution in [0.25, 0.3) is 11.0 Å². The summed E-state index contributed by atoms with van der Waals surface area (Å²) in [4.78, 5) is 13.1. The molecule has 2 heterocycles. The van der Waals surface area contributed by atoms with Crippen LogP contribution in [0.5, 0.6) is 5.75 Å². The summed E-state index contributed by atoms with van der Waals surface area (Å²) in [6.45, 7) is 4.15. The molecule has 0 amide bonds. The summed E-state index contributed by atoms with van der Waals surface area (Å²) in [5.74, 6) is 1.23. The average molecular weight is 453 g/mol. The van der Waals surface area contributed by atoms with E-state index in [2.05, 4.69) is 38.8 Å². The molecule has 0 bridgehead atoms. The van der Waals surface area contributed by atoms with E-state index in [0.717, 1.165) is 11.3 Å². The Hall–Kier alpha value is -3.66. The number of hydrogen-bond donors (Lipinski definition) is 2. The standard InChI is InChI=1S/C22H24N6O3S/c1-14(2)16-10-9-15(31-4)11-19(16)26-21-22(25-18-8-6-5-7-17(18)24-21)27-32(29,30)20-12-28(3)13-23-20/h5-14H,1-4H3,(H,24,26)(H,25,27). The normalized spacial score (nSPS) is 11.7. The van der Waals surface area contributed by atoms with Gasteiger partial charge in [0, 0.05) is 25.0 Å². The van der Waals surface area contributed by atoms with E-state index in [1.54, 1.807) is 24.8 Å². The smallest absolute Gasteiger partial charge is 0.282 e. The summed E-state index contributed by atoms with van der Waals surface area (Å²) < 4.78 is 35.3. The van der Waals surface area contributed by atoms with Gasteiger partial charge < -0.3 is 14.6 Å². The van der Waals surface area contributed by atoms with Crippen molar-refractivity contribution in [3.8, 4) is 5.75 Å². The predicted octanol–water partition coefficient (Wildman–Crippen LogP) is 4.04. The maximum absolute atomic E-state index is 12.9. The van der Waals surface area contributed by atoms with Gasteiger partial charge in [0.1, 0.15) is 5.75 Å². The van der Waals surface area contributed by atoms with Crippen LogP contribution in [-0.2, 0) is 17.1 Å². The molecule has 0 aliphatic rings. The van der Waals surface area contributed by atoms with Crippen LogP contribution in [0.1, 0.15) is 25.3 Å². The summed E-state index contributed by atoms with van der Waals surface area (Å²) in [6, 6.07) is 13.0. The quantitative estimate of drug-likeness (QED) is 0.435. The number of hydrogen-bond acceptors (Lipinski definition) is 7. The molecule has 0 saturated heterocycles. The summed E-state index contributed by atoms with van der Waals surface area (Å²) in [5.41, 5.74) is 2.97. The maximum atomic E-state index is 12.9. The highest BCUT2D eigenvalue weighted by Crippen LogP contribution is 2.33. The first-order valence-electron chi connectivity index (χ1n) is 9.99. The average Bonchev–Trinajstić information content (AvgIpc) is 3.21. The van der Waals surface area contributed by atoms with E-state index in [9.17, 15) is 8.42 Å². The maximum Gasteiger partial charge on any atom is 0.282 e. The van der Waals surface area contributed by atoms with Crippen molar-refractivity contribution >= 4 is 38.4 Å². The summed E-state index contributed by atoms with van der Waals surface area (Å²) in [6.07, 6.45) is 2.84. The zero-order valence-corrected chi connectivity index (χ0v) is 19.0. The fourth-order valence-electron chi connectivity index (χ4n) is 3.27. The van der Waals surface area contributed by atoms with Crippen molar-refractivity contribution in [1.82, 2.24) is 19.5 Å². The molecule has 0 atom stereocenters. The highest BCUT2D eigenvalue weighted by atomic mass is 32.2. The zero-order valence-electron chi connectivity index (χ0n) is 18.2. The van der Waals surface area contributed by atoms with Crippen molar-refractivity contribution in [2.45, 2.75) is 24.8 Å². The van der Waals surface area contributed by atoms with E-state index in [1.807, 2.05) is 36.4 Å². The Morgan fingerprint density at radius 3 is 2.31 bits per heavy atom. The number of benzene rings is 2. The van der Waals surface area contributed by atoms with Gasteiger partial charge in [0.2, 0.25) is 0 Å². The van der Waals surface area contributed by atoms with Crippen LogP contribution >= 0.6 is 0 Å². The van der Waals surface area contributed by atoms with E-state index in [1.165, 1.54) is 12.5 Å². The fourth-order valence-corrected chi connectivity index (χ4v) is 4.26. The number of imidazole rings is 1. The van der Waals surface area contributed by atoms with Crippen LogP contribution in [0.3, 0.4) is 0 Å². The second kappa shape index (κ2) is 8.46. The van der Waals surface area contributed by atoms with Crippen LogP contribution in [0.4, 0.5) is 17.3 Å². The fraction of sp³-hybridized carbons (Fsp3) is 0.227. The molecule has 32 heavy (non-hydrogen) atoms. The van der Waals surface area contributed by atoms with E-state index >= 15 is 0 Å². The molecule has 0 aliphatic heterocycles. The molecule has 2 aromatic heterocycles. The van der Waals surface area contributed by atoms with Gasteiger partial charge in [-0.3, -0.25) is 4.72 Å². The molecule has 0 unspecified atom stereocenters.